The minimum Gasteiger partial charge on any atom is -0.497 e. The Kier molecular flexibility index (Phi) is 6.51. The number of alkyl halides is 1. The van der Waals surface area contributed by atoms with Gasteiger partial charge in [0.2, 0.25) is 5.79 Å². The normalized spacial score (nSPS) is 30.2. The van der Waals surface area contributed by atoms with Gasteiger partial charge in [0.25, 0.3) is 0 Å². The van der Waals surface area contributed by atoms with Crippen LogP contribution in [0.4, 0.5) is 0 Å². The van der Waals surface area contributed by atoms with Gasteiger partial charge in [0.15, 0.2) is 0 Å². The van der Waals surface area contributed by atoms with E-state index in [1.807, 2.05) is 24.3 Å². The van der Waals surface area contributed by atoms with Gasteiger partial charge in [0.1, 0.15) is 30.2 Å². The first-order valence-corrected chi connectivity index (χ1v) is 9.63. The molecule has 4 N–H and O–H groups in total. The third-order valence-corrected chi connectivity index (χ3v) is 5.62. The zero-order valence-electron chi connectivity index (χ0n) is 15.1. The Bertz CT molecular complexity index is 813. The lowest BCUT2D eigenvalue weighted by atomic mass is 9.87. The molecule has 1 heterocycles. The maximum absolute atomic E-state index is 11.0. The number of ether oxygens (including phenoxy) is 2. The molecule has 2 aromatic rings. The highest BCUT2D eigenvalue weighted by Crippen LogP contribution is 2.38. The van der Waals surface area contributed by atoms with Crippen molar-refractivity contribution in [3.8, 4) is 5.75 Å². The summed E-state index contributed by atoms with van der Waals surface area (Å²) in [6, 6.07) is 12.1. The van der Waals surface area contributed by atoms with Crippen LogP contribution in [-0.4, -0.2) is 57.8 Å². The topological polar surface area (TPSA) is 99.4 Å². The molecule has 0 bridgehead atoms. The number of hydrogen-bond donors (Lipinski definition) is 4. The van der Waals surface area contributed by atoms with Gasteiger partial charge in [-0.1, -0.05) is 29.8 Å². The Morgan fingerprint density at radius 2 is 1.75 bits per heavy atom. The van der Waals surface area contributed by atoms with E-state index in [9.17, 15) is 20.4 Å². The van der Waals surface area contributed by atoms with Crippen LogP contribution in [0.5, 0.6) is 5.75 Å². The van der Waals surface area contributed by atoms with Gasteiger partial charge in [-0.05, 0) is 41.8 Å². The highest BCUT2D eigenvalue weighted by molar-refractivity contribution is 6.31. The van der Waals surface area contributed by atoms with Crippen LogP contribution in [0.3, 0.4) is 0 Å². The van der Waals surface area contributed by atoms with Gasteiger partial charge in [-0.2, -0.15) is 0 Å². The maximum Gasteiger partial charge on any atom is 0.222 e. The van der Waals surface area contributed by atoms with Crippen LogP contribution < -0.4 is 4.74 Å². The van der Waals surface area contributed by atoms with Crippen LogP contribution in [0.1, 0.15) is 16.7 Å². The molecule has 0 aromatic heterocycles. The van der Waals surface area contributed by atoms with Crippen molar-refractivity contribution in [1.82, 2.24) is 0 Å². The first-order valence-electron chi connectivity index (χ1n) is 8.72. The number of aliphatic hydroxyl groups excluding tert-OH is 3. The second-order valence-corrected chi connectivity index (χ2v) is 7.48. The molecule has 0 unspecified atom stereocenters. The van der Waals surface area contributed by atoms with E-state index in [0.717, 1.165) is 11.3 Å². The van der Waals surface area contributed by atoms with Crippen molar-refractivity contribution in [2.75, 3.05) is 13.0 Å². The van der Waals surface area contributed by atoms with Crippen molar-refractivity contribution in [1.29, 1.82) is 0 Å². The van der Waals surface area contributed by atoms with Crippen molar-refractivity contribution in [3.63, 3.8) is 0 Å². The molecular formula is C20H22Cl2O6. The van der Waals surface area contributed by atoms with Crippen LogP contribution in [-0.2, 0) is 16.9 Å². The molecule has 0 spiro atoms. The largest absolute Gasteiger partial charge is 0.497 e. The van der Waals surface area contributed by atoms with Gasteiger partial charge in [0, 0.05) is 10.6 Å². The van der Waals surface area contributed by atoms with Crippen LogP contribution >= 0.6 is 23.2 Å². The molecule has 0 aliphatic carbocycles. The summed E-state index contributed by atoms with van der Waals surface area (Å²) in [7, 11) is 1.59. The molecule has 0 amide bonds. The van der Waals surface area contributed by atoms with Crippen molar-refractivity contribution in [2.24, 2.45) is 0 Å². The predicted octanol–water partition coefficient (Wildman–Crippen LogP) is 1.80. The molecule has 1 aliphatic heterocycles. The van der Waals surface area contributed by atoms with Crippen molar-refractivity contribution in [2.45, 2.75) is 36.6 Å². The smallest absolute Gasteiger partial charge is 0.222 e. The highest BCUT2D eigenvalue weighted by atomic mass is 35.5. The van der Waals surface area contributed by atoms with E-state index in [1.54, 1.807) is 19.2 Å². The molecule has 1 aliphatic rings. The van der Waals surface area contributed by atoms with E-state index < -0.39 is 30.2 Å². The van der Waals surface area contributed by atoms with Crippen molar-refractivity contribution >= 4 is 23.2 Å². The predicted molar refractivity (Wildman–Crippen MR) is 105 cm³/mol. The molecule has 3 rings (SSSR count). The minimum atomic E-state index is -2.24. The molecule has 28 heavy (non-hydrogen) atoms. The number of hydrogen-bond acceptors (Lipinski definition) is 6. The summed E-state index contributed by atoms with van der Waals surface area (Å²) in [5.74, 6) is -1.67. The average molecular weight is 429 g/mol. The zero-order chi connectivity index (χ0) is 20.5. The van der Waals surface area contributed by atoms with E-state index in [1.165, 1.54) is 6.07 Å². The molecule has 0 radical (unpaired) electrons. The summed E-state index contributed by atoms with van der Waals surface area (Å²) < 4.78 is 10.6. The van der Waals surface area contributed by atoms with E-state index >= 15 is 0 Å². The van der Waals surface area contributed by atoms with Gasteiger partial charge >= 0.3 is 0 Å². The molecule has 0 saturated carbocycles. The SMILES string of the molecule is COc1ccc(Cc2cc([C@@]3(O)O[C@H](CCl)[C@@H](O)[C@H](O)[C@H]3O)ccc2Cl)cc1. The number of halogens is 2. The second kappa shape index (κ2) is 8.55. The Balaban J connectivity index is 1.92. The summed E-state index contributed by atoms with van der Waals surface area (Å²) in [6.07, 6.45) is -5.39. The fraction of sp³-hybridized carbons (Fsp3) is 0.400. The van der Waals surface area contributed by atoms with Gasteiger partial charge < -0.3 is 29.9 Å². The Morgan fingerprint density at radius 1 is 1.07 bits per heavy atom. The summed E-state index contributed by atoms with van der Waals surface area (Å²) in [4.78, 5) is 0. The van der Waals surface area contributed by atoms with E-state index in [0.29, 0.717) is 17.0 Å². The quantitative estimate of drug-likeness (QED) is 0.542. The summed E-state index contributed by atoms with van der Waals surface area (Å²) >= 11 is 12.1. The molecule has 2 aromatic carbocycles. The van der Waals surface area contributed by atoms with Crippen molar-refractivity contribution in [3.05, 3.63) is 64.2 Å². The van der Waals surface area contributed by atoms with Crippen LogP contribution in [0.15, 0.2) is 42.5 Å². The third kappa shape index (κ3) is 4.00. The second-order valence-electron chi connectivity index (χ2n) is 6.76. The molecule has 6 nitrogen and oxygen atoms in total. The third-order valence-electron chi connectivity index (χ3n) is 4.95. The highest BCUT2D eigenvalue weighted by Gasteiger charge is 2.53. The fourth-order valence-electron chi connectivity index (χ4n) is 3.27. The zero-order valence-corrected chi connectivity index (χ0v) is 16.6. The molecule has 1 saturated heterocycles. The fourth-order valence-corrected chi connectivity index (χ4v) is 3.70. The first kappa shape index (κ1) is 21.3. The molecule has 1 fully saturated rings. The van der Waals surface area contributed by atoms with Crippen molar-refractivity contribution < 1.29 is 29.9 Å². The lowest BCUT2D eigenvalue weighted by Crippen LogP contribution is -2.63. The number of benzene rings is 2. The molecule has 5 atom stereocenters. The Labute approximate surface area is 172 Å². The average Bonchev–Trinajstić information content (AvgIpc) is 2.71. The van der Waals surface area contributed by atoms with Crippen LogP contribution in [0, 0.1) is 0 Å². The number of methoxy groups -OCH3 is 1. The van der Waals surface area contributed by atoms with Gasteiger partial charge in [0.05, 0.1) is 13.0 Å². The van der Waals surface area contributed by atoms with E-state index in [-0.39, 0.29) is 11.4 Å². The maximum atomic E-state index is 11.0. The summed E-state index contributed by atoms with van der Waals surface area (Å²) in [5, 5.41) is 41.9. The minimum absolute atomic E-state index is 0.167. The van der Waals surface area contributed by atoms with Gasteiger partial charge in [-0.3, -0.25) is 0 Å². The monoisotopic (exact) mass is 428 g/mol. The van der Waals surface area contributed by atoms with Gasteiger partial charge in [-0.25, -0.2) is 0 Å². The van der Waals surface area contributed by atoms with Crippen LogP contribution in [0.2, 0.25) is 5.02 Å². The molecule has 152 valence electrons. The molecule has 8 heteroatoms. The van der Waals surface area contributed by atoms with E-state index in [4.69, 9.17) is 32.7 Å². The lowest BCUT2D eigenvalue weighted by molar-refractivity contribution is -0.350. The number of aliphatic hydroxyl groups is 4. The molecular weight excluding hydrogens is 407 g/mol. The summed E-state index contributed by atoms with van der Waals surface area (Å²) in [6.45, 7) is 0. The van der Waals surface area contributed by atoms with E-state index in [2.05, 4.69) is 0 Å². The number of rotatable bonds is 5. The summed E-state index contributed by atoms with van der Waals surface area (Å²) in [5.41, 5.74) is 1.86. The Hall–Kier alpha value is -1.38. The lowest BCUT2D eigenvalue weighted by Gasteiger charge is -2.45. The standard InChI is InChI=1S/C20H22Cl2O6/c1-27-14-5-2-11(3-6-14)8-12-9-13(4-7-15(12)22)20(26)19(25)18(24)17(23)16(10-21)28-20/h2-7,9,16-19,23-26H,8,10H2,1H3/t16-,17-,18+,19-,20-/m1/s1. The first-order chi connectivity index (χ1) is 13.3. The van der Waals surface area contributed by atoms with Crippen LogP contribution in [0.25, 0.3) is 0 Å². The van der Waals surface area contributed by atoms with Gasteiger partial charge in [-0.15, -0.1) is 11.6 Å². The Morgan fingerprint density at radius 3 is 2.36 bits per heavy atom.